The van der Waals surface area contributed by atoms with Gasteiger partial charge in [-0.2, -0.15) is 0 Å². The van der Waals surface area contributed by atoms with Crippen molar-refractivity contribution in [1.29, 1.82) is 0 Å². The summed E-state index contributed by atoms with van der Waals surface area (Å²) in [5, 5.41) is 11.1. The van der Waals surface area contributed by atoms with Gasteiger partial charge in [-0.05, 0) is 13.0 Å². The highest BCUT2D eigenvalue weighted by molar-refractivity contribution is 5.71. The maximum absolute atomic E-state index is 10.2. The summed E-state index contributed by atoms with van der Waals surface area (Å²) in [5.41, 5.74) is 0. The number of methoxy groups -OCH3 is 1. The molecule has 10 heavy (non-hydrogen) atoms. The molecule has 0 bridgehead atoms. The van der Waals surface area contributed by atoms with Crippen molar-refractivity contribution in [3.05, 3.63) is 0 Å². The topological polar surface area (TPSA) is 58.6 Å². The highest BCUT2D eigenvalue weighted by Crippen LogP contribution is 1.84. The van der Waals surface area contributed by atoms with E-state index in [4.69, 9.17) is 5.11 Å². The molecule has 2 N–H and O–H groups in total. The molecule has 0 heterocycles. The van der Waals surface area contributed by atoms with Gasteiger partial charge in [0.1, 0.15) is 0 Å². The molecule has 0 spiro atoms. The van der Waals surface area contributed by atoms with Crippen LogP contribution in [0.15, 0.2) is 0 Å². The summed E-state index contributed by atoms with van der Waals surface area (Å²) < 4.78 is 4.60. The van der Waals surface area contributed by atoms with Gasteiger partial charge < -0.3 is 9.84 Å². The third-order valence-corrected chi connectivity index (χ3v) is 1.04. The van der Waals surface area contributed by atoms with E-state index in [1.54, 1.807) is 0 Å². The van der Waals surface area contributed by atoms with Crippen molar-refractivity contribution < 1.29 is 14.6 Å². The molecule has 0 amide bonds. The van der Waals surface area contributed by atoms with Crippen molar-refractivity contribution in [3.63, 3.8) is 0 Å². The normalized spacial score (nSPS) is 13.0. The van der Waals surface area contributed by atoms with E-state index in [9.17, 15) is 4.79 Å². The molecule has 0 saturated carbocycles. The van der Waals surface area contributed by atoms with Crippen LogP contribution in [0.25, 0.3) is 0 Å². The number of carbonyl (C=O) groups is 1. The zero-order chi connectivity index (χ0) is 7.98. The average molecular weight is 147 g/mol. The monoisotopic (exact) mass is 147 g/mol. The van der Waals surface area contributed by atoms with Gasteiger partial charge in [0.2, 0.25) is 6.23 Å². The van der Waals surface area contributed by atoms with Crippen LogP contribution in [0.4, 0.5) is 0 Å². The van der Waals surface area contributed by atoms with Crippen molar-refractivity contribution >= 4 is 5.97 Å². The molecule has 0 aromatic heterocycles. The Morgan fingerprint density at radius 3 is 2.70 bits per heavy atom. The molecule has 0 fully saturated rings. The second-order valence-electron chi connectivity index (χ2n) is 1.91. The van der Waals surface area contributed by atoms with Gasteiger partial charge in [0.05, 0.1) is 0 Å². The van der Waals surface area contributed by atoms with Crippen molar-refractivity contribution in [2.24, 2.45) is 0 Å². The van der Waals surface area contributed by atoms with Crippen LogP contribution in [0.5, 0.6) is 0 Å². The lowest BCUT2D eigenvalue weighted by molar-refractivity contribution is -0.150. The second kappa shape index (κ2) is 5.20. The van der Waals surface area contributed by atoms with E-state index in [-0.39, 0.29) is 0 Å². The molecule has 0 aliphatic heterocycles. The Morgan fingerprint density at radius 1 is 1.80 bits per heavy atom. The molecule has 0 aliphatic rings. The van der Waals surface area contributed by atoms with E-state index in [1.165, 1.54) is 7.11 Å². The largest absolute Gasteiger partial charge is 0.478 e. The molecular formula is C6H13NO3. The van der Waals surface area contributed by atoms with Crippen molar-refractivity contribution in [1.82, 2.24) is 5.32 Å². The smallest absolute Gasteiger partial charge is 0.348 e. The SMILES string of the molecule is CCCNC(OC)C(=O)O. The molecule has 1 unspecified atom stereocenters. The Balaban J connectivity index is 3.50. The molecule has 1 atom stereocenters. The molecule has 0 aliphatic carbocycles. The van der Waals surface area contributed by atoms with Gasteiger partial charge in [-0.3, -0.25) is 5.32 Å². The fraction of sp³-hybridized carbons (Fsp3) is 0.833. The number of aliphatic carboxylic acids is 1. The lowest BCUT2D eigenvalue weighted by Gasteiger charge is -2.10. The zero-order valence-corrected chi connectivity index (χ0v) is 6.26. The Kier molecular flexibility index (Phi) is 4.88. The van der Waals surface area contributed by atoms with E-state index in [0.717, 1.165) is 6.42 Å². The summed E-state index contributed by atoms with van der Waals surface area (Å²) in [5.74, 6) is -0.976. The second-order valence-corrected chi connectivity index (χ2v) is 1.91. The quantitative estimate of drug-likeness (QED) is 0.539. The molecule has 4 nitrogen and oxygen atoms in total. The molecule has 4 heteroatoms. The standard InChI is InChI=1S/C6H13NO3/c1-3-4-7-5(10-2)6(8)9/h5,7H,3-4H2,1-2H3,(H,8,9). The summed E-state index contributed by atoms with van der Waals surface area (Å²) in [6.45, 7) is 2.62. The molecule has 0 aromatic carbocycles. The highest BCUT2D eigenvalue weighted by Gasteiger charge is 2.13. The van der Waals surface area contributed by atoms with Crippen LogP contribution in [0.2, 0.25) is 0 Å². The lowest BCUT2D eigenvalue weighted by atomic mass is 10.4. The van der Waals surface area contributed by atoms with Gasteiger partial charge in [0.15, 0.2) is 0 Å². The van der Waals surface area contributed by atoms with Crippen molar-refractivity contribution in [3.8, 4) is 0 Å². The first kappa shape index (κ1) is 9.39. The summed E-state index contributed by atoms with van der Waals surface area (Å²) in [7, 11) is 1.36. The number of hydrogen-bond donors (Lipinski definition) is 2. The van der Waals surface area contributed by atoms with E-state index >= 15 is 0 Å². The van der Waals surface area contributed by atoms with Crippen LogP contribution < -0.4 is 5.32 Å². The van der Waals surface area contributed by atoms with Gasteiger partial charge in [0.25, 0.3) is 0 Å². The van der Waals surface area contributed by atoms with Gasteiger partial charge in [0, 0.05) is 7.11 Å². The molecule has 0 saturated heterocycles. The average Bonchev–Trinajstić information content (AvgIpc) is 1.89. The summed E-state index contributed by atoms with van der Waals surface area (Å²) in [6, 6.07) is 0. The minimum absolute atomic E-state index is 0.658. The first-order valence-corrected chi connectivity index (χ1v) is 3.21. The van der Waals surface area contributed by atoms with Gasteiger partial charge in [-0.25, -0.2) is 4.79 Å². The Labute approximate surface area is 60.2 Å². The molecule has 0 aromatic rings. The van der Waals surface area contributed by atoms with Crippen molar-refractivity contribution in [2.75, 3.05) is 13.7 Å². The first-order valence-electron chi connectivity index (χ1n) is 3.21. The van der Waals surface area contributed by atoms with E-state index in [2.05, 4.69) is 10.1 Å². The van der Waals surface area contributed by atoms with Gasteiger partial charge in [-0.15, -0.1) is 0 Å². The first-order chi connectivity index (χ1) is 4.72. The van der Waals surface area contributed by atoms with E-state index < -0.39 is 12.2 Å². The fourth-order valence-corrected chi connectivity index (χ4v) is 0.547. The van der Waals surface area contributed by atoms with Crippen LogP contribution in [0.1, 0.15) is 13.3 Å². The number of carboxylic acids is 1. The van der Waals surface area contributed by atoms with Crippen LogP contribution in [0, 0.1) is 0 Å². The third-order valence-electron chi connectivity index (χ3n) is 1.04. The highest BCUT2D eigenvalue weighted by atomic mass is 16.5. The lowest BCUT2D eigenvalue weighted by Crippen LogP contribution is -2.38. The van der Waals surface area contributed by atoms with Crippen LogP contribution in [0.3, 0.4) is 0 Å². The predicted molar refractivity (Wildman–Crippen MR) is 36.7 cm³/mol. The maximum atomic E-state index is 10.2. The van der Waals surface area contributed by atoms with E-state index in [1.807, 2.05) is 6.92 Å². The number of carboxylic acid groups (broad SMARTS) is 1. The summed E-state index contributed by atoms with van der Waals surface area (Å²) in [4.78, 5) is 10.2. The number of rotatable bonds is 5. The third kappa shape index (κ3) is 3.42. The number of hydrogen-bond acceptors (Lipinski definition) is 3. The van der Waals surface area contributed by atoms with Crippen LogP contribution in [-0.4, -0.2) is 31.0 Å². The predicted octanol–water partition coefficient (Wildman–Crippen LogP) is 0.0431. The summed E-state index contributed by atoms with van der Waals surface area (Å²) >= 11 is 0. The Morgan fingerprint density at radius 2 is 2.40 bits per heavy atom. The fourth-order valence-electron chi connectivity index (χ4n) is 0.547. The number of nitrogens with one attached hydrogen (secondary N) is 1. The minimum atomic E-state index is -0.976. The molecule has 0 rings (SSSR count). The Bertz CT molecular complexity index is 105. The van der Waals surface area contributed by atoms with Gasteiger partial charge >= 0.3 is 5.97 Å². The van der Waals surface area contributed by atoms with Gasteiger partial charge in [-0.1, -0.05) is 6.92 Å². The molecular weight excluding hydrogens is 134 g/mol. The van der Waals surface area contributed by atoms with Crippen LogP contribution in [-0.2, 0) is 9.53 Å². The zero-order valence-electron chi connectivity index (χ0n) is 6.26. The Hall–Kier alpha value is -0.610. The molecule has 60 valence electrons. The number of ether oxygens (including phenoxy) is 1. The summed E-state index contributed by atoms with van der Waals surface area (Å²) in [6.07, 6.45) is 0.0348. The van der Waals surface area contributed by atoms with Crippen molar-refractivity contribution in [2.45, 2.75) is 19.6 Å². The van der Waals surface area contributed by atoms with E-state index in [0.29, 0.717) is 6.54 Å². The minimum Gasteiger partial charge on any atom is -0.478 e. The molecule has 0 radical (unpaired) electrons. The maximum Gasteiger partial charge on any atom is 0.348 e. The van der Waals surface area contributed by atoms with Crippen LogP contribution >= 0.6 is 0 Å².